The Morgan fingerprint density at radius 1 is 0.591 bits per heavy atom. The van der Waals surface area contributed by atoms with E-state index in [1.807, 2.05) is 41.5 Å². The summed E-state index contributed by atoms with van der Waals surface area (Å²) >= 11 is 0. The molecule has 2 unspecified atom stereocenters. The van der Waals surface area contributed by atoms with Gasteiger partial charge in [0.05, 0.1) is 25.0 Å². The quantitative estimate of drug-likeness (QED) is 0.0693. The highest BCUT2D eigenvalue weighted by atomic mass is 31.1. The van der Waals surface area contributed by atoms with Crippen LogP contribution in [0.3, 0.4) is 0 Å². The van der Waals surface area contributed by atoms with Gasteiger partial charge in [-0.2, -0.15) is 17.6 Å². The maximum Gasteiger partial charge on any atom is 0.709 e. The summed E-state index contributed by atoms with van der Waals surface area (Å²) in [7, 11) is -3.95. The monoisotopic (exact) mass is 649 g/mol. The third kappa shape index (κ3) is 24.4. The minimum atomic E-state index is -4.19. The van der Waals surface area contributed by atoms with Gasteiger partial charge in [0.2, 0.25) is 0 Å². The first kappa shape index (κ1) is 42.1. The minimum absolute atomic E-state index is 0.538. The molecule has 10 heteroatoms. The lowest BCUT2D eigenvalue weighted by molar-refractivity contribution is -0.223. The van der Waals surface area contributed by atoms with Gasteiger partial charge in [0.1, 0.15) is 0 Å². The maximum absolute atomic E-state index is 14.2. The van der Waals surface area contributed by atoms with Crippen LogP contribution in [-0.2, 0) is 13.6 Å². The van der Waals surface area contributed by atoms with Crippen molar-refractivity contribution < 1.29 is 41.4 Å². The Labute approximate surface area is 263 Å². The van der Waals surface area contributed by atoms with E-state index < -0.39 is 45.5 Å². The standard InChI is InChI=1S/C34H54F4O5P/c1-25(2)13-9-15-27(5)17-11-19-29(7)21-31(39)23-33(35,36)42-44(41)43-34(37,38)24-32(40)22-30(8)20-12-18-28(6)16-10-14-26(3)4/h13-14,17-18,21-22,31-32,39-40H,9-12,15-16,19-20,23-24H2,1-8H3/q+1. The molecule has 0 aromatic heterocycles. The van der Waals surface area contributed by atoms with Gasteiger partial charge in [-0.15, -0.1) is 0 Å². The van der Waals surface area contributed by atoms with Gasteiger partial charge in [0, 0.05) is 4.57 Å². The van der Waals surface area contributed by atoms with E-state index in [4.69, 9.17) is 0 Å². The molecule has 0 aliphatic carbocycles. The first-order chi connectivity index (χ1) is 20.3. The highest BCUT2D eigenvalue weighted by Crippen LogP contribution is 2.42. The summed E-state index contributed by atoms with van der Waals surface area (Å²) in [6, 6.07) is 0. The molecule has 0 rings (SSSR count). The van der Waals surface area contributed by atoms with Gasteiger partial charge in [0.25, 0.3) is 0 Å². The Morgan fingerprint density at radius 3 is 1.20 bits per heavy atom. The van der Waals surface area contributed by atoms with E-state index in [9.17, 15) is 32.3 Å². The fraction of sp³-hybridized carbons (Fsp3) is 0.647. The Morgan fingerprint density at radius 2 is 0.886 bits per heavy atom. The van der Waals surface area contributed by atoms with Crippen LogP contribution in [0.15, 0.2) is 69.9 Å². The van der Waals surface area contributed by atoms with Gasteiger partial charge < -0.3 is 10.2 Å². The van der Waals surface area contributed by atoms with Crippen molar-refractivity contribution in [3.05, 3.63) is 69.9 Å². The average molecular weight is 650 g/mol. The number of alkyl halides is 4. The molecule has 0 aromatic carbocycles. The number of hydrogen-bond acceptors (Lipinski definition) is 5. The highest BCUT2D eigenvalue weighted by molar-refractivity contribution is 7.33. The first-order valence-electron chi connectivity index (χ1n) is 15.2. The second kappa shape index (κ2) is 21.8. The van der Waals surface area contributed by atoms with Gasteiger partial charge in [-0.3, -0.25) is 0 Å². The zero-order chi connectivity index (χ0) is 33.9. The second-order valence-electron chi connectivity index (χ2n) is 12.1. The van der Waals surface area contributed by atoms with Crippen LogP contribution in [0, 0.1) is 0 Å². The molecule has 0 heterocycles. The van der Waals surface area contributed by atoms with Crippen molar-refractivity contribution in [2.75, 3.05) is 0 Å². The molecule has 252 valence electrons. The van der Waals surface area contributed by atoms with Crippen molar-refractivity contribution in [2.45, 2.75) is 144 Å². The molecule has 0 aliphatic rings. The molecule has 0 fully saturated rings. The van der Waals surface area contributed by atoms with Crippen molar-refractivity contribution in [3.63, 3.8) is 0 Å². The summed E-state index contributed by atoms with van der Waals surface area (Å²) in [5.74, 6) is 0. The molecule has 44 heavy (non-hydrogen) atoms. The normalized spacial score (nSPS) is 15.6. The average Bonchev–Trinajstić information content (AvgIpc) is 2.81. The summed E-state index contributed by atoms with van der Waals surface area (Å²) in [5.41, 5.74) is 6.25. The largest absolute Gasteiger partial charge is 0.709 e. The van der Waals surface area contributed by atoms with E-state index >= 15 is 0 Å². The summed E-state index contributed by atoms with van der Waals surface area (Å²) in [6.07, 6.45) is 2.79. The molecule has 0 saturated carbocycles. The molecule has 0 saturated heterocycles. The maximum atomic E-state index is 14.2. The molecule has 0 radical (unpaired) electrons. The summed E-state index contributed by atoms with van der Waals surface area (Å²) in [6.45, 7) is 15.6. The van der Waals surface area contributed by atoms with Crippen molar-refractivity contribution >= 4 is 8.25 Å². The van der Waals surface area contributed by atoms with Crippen LogP contribution in [0.1, 0.15) is 120 Å². The third-order valence-corrected chi connectivity index (χ3v) is 7.34. The number of halogens is 4. The molecular formula is C34H54F4O5P+. The summed E-state index contributed by atoms with van der Waals surface area (Å²) in [5, 5.41) is 20.1. The van der Waals surface area contributed by atoms with Gasteiger partial charge in [-0.25, -0.2) is 0 Å². The van der Waals surface area contributed by atoms with Crippen molar-refractivity contribution in [2.24, 2.45) is 0 Å². The summed E-state index contributed by atoms with van der Waals surface area (Å²) < 4.78 is 76.5. The Balaban J connectivity index is 4.74. The number of hydrogen-bond donors (Lipinski definition) is 2. The van der Waals surface area contributed by atoms with Crippen LogP contribution in [0.25, 0.3) is 0 Å². The van der Waals surface area contributed by atoms with Gasteiger partial charge in [-0.05, 0) is 116 Å². The Bertz CT molecular complexity index is 984. The van der Waals surface area contributed by atoms with Crippen molar-refractivity contribution in [1.82, 2.24) is 0 Å². The van der Waals surface area contributed by atoms with Crippen LogP contribution in [-0.4, -0.2) is 34.6 Å². The number of aliphatic hydroxyl groups is 2. The molecular weight excluding hydrogens is 595 g/mol. The molecule has 0 aromatic rings. The summed E-state index contributed by atoms with van der Waals surface area (Å²) in [4.78, 5) is 0. The van der Waals surface area contributed by atoms with E-state index in [-0.39, 0.29) is 0 Å². The van der Waals surface area contributed by atoms with Crippen LogP contribution in [0.2, 0.25) is 0 Å². The van der Waals surface area contributed by atoms with Crippen LogP contribution >= 0.6 is 8.25 Å². The van der Waals surface area contributed by atoms with Gasteiger partial charge in [0.15, 0.2) is 0 Å². The minimum Gasteiger partial charge on any atom is -0.389 e. The predicted molar refractivity (Wildman–Crippen MR) is 172 cm³/mol. The Kier molecular flexibility index (Phi) is 20.8. The van der Waals surface area contributed by atoms with E-state index in [1.54, 1.807) is 13.8 Å². The van der Waals surface area contributed by atoms with E-state index in [1.165, 1.54) is 34.4 Å². The molecule has 2 atom stereocenters. The lowest BCUT2D eigenvalue weighted by Gasteiger charge is -2.15. The molecule has 0 aliphatic heterocycles. The molecule has 0 bridgehead atoms. The molecule has 0 spiro atoms. The highest BCUT2D eigenvalue weighted by Gasteiger charge is 2.51. The number of aliphatic hydroxyl groups excluding tert-OH is 2. The van der Waals surface area contributed by atoms with E-state index in [2.05, 4.69) is 33.4 Å². The zero-order valence-electron chi connectivity index (χ0n) is 27.8. The van der Waals surface area contributed by atoms with Crippen LogP contribution in [0.4, 0.5) is 17.6 Å². The van der Waals surface area contributed by atoms with Gasteiger partial charge in [-0.1, -0.05) is 69.9 Å². The SMILES string of the molecule is CC(C)=CCCC(C)=CCCC(C)=CC(O)CC(F)(F)O[P+](=O)OC(F)(F)CC(O)C=C(C)CCC=C(C)CCC=C(C)C. The van der Waals surface area contributed by atoms with Crippen molar-refractivity contribution in [1.29, 1.82) is 0 Å². The fourth-order valence-corrected chi connectivity index (χ4v) is 4.84. The van der Waals surface area contributed by atoms with E-state index in [0.29, 0.717) is 36.8 Å². The van der Waals surface area contributed by atoms with Crippen LogP contribution in [0.5, 0.6) is 0 Å². The molecule has 5 nitrogen and oxygen atoms in total. The van der Waals surface area contributed by atoms with Crippen molar-refractivity contribution in [3.8, 4) is 0 Å². The van der Waals surface area contributed by atoms with Crippen LogP contribution < -0.4 is 0 Å². The third-order valence-electron chi connectivity index (χ3n) is 6.51. The zero-order valence-corrected chi connectivity index (χ0v) is 28.7. The fourth-order valence-electron chi connectivity index (χ4n) is 4.21. The smallest absolute Gasteiger partial charge is 0.389 e. The Hall–Kier alpha value is -1.90. The predicted octanol–water partition coefficient (Wildman–Crippen LogP) is 11.2. The molecule has 0 amide bonds. The lowest BCUT2D eigenvalue weighted by atomic mass is 10.0. The number of allylic oxidation sites excluding steroid dienone is 10. The van der Waals surface area contributed by atoms with E-state index in [0.717, 1.165) is 25.7 Å². The topological polar surface area (TPSA) is 76.0 Å². The lowest BCUT2D eigenvalue weighted by Crippen LogP contribution is -2.27. The number of rotatable bonds is 22. The van der Waals surface area contributed by atoms with Gasteiger partial charge >= 0.3 is 20.5 Å². The first-order valence-corrected chi connectivity index (χ1v) is 16.3. The second-order valence-corrected chi connectivity index (χ2v) is 12.9. The molecule has 2 N–H and O–H groups in total.